The molecule has 4 rings (SSSR count). The molecule has 0 N–H and O–H groups in total. The monoisotopic (exact) mass is 481 g/mol. The van der Waals surface area contributed by atoms with Gasteiger partial charge < -0.3 is 4.74 Å². The van der Waals surface area contributed by atoms with Gasteiger partial charge in [-0.15, -0.1) is 11.8 Å². The van der Waals surface area contributed by atoms with Gasteiger partial charge in [0.05, 0.1) is 29.0 Å². The SMILES string of the molecule is CSc1cccc2sc(N(CCN3CCOCC3)C(=O)c3cccc(C(F)(F)F)c3)nc12. The molecule has 3 aromatic rings. The summed E-state index contributed by atoms with van der Waals surface area (Å²) in [5, 5.41) is 0.483. The van der Waals surface area contributed by atoms with Crippen LogP contribution in [0.4, 0.5) is 18.3 Å². The van der Waals surface area contributed by atoms with Crippen LogP contribution < -0.4 is 4.90 Å². The zero-order chi connectivity index (χ0) is 22.7. The second kappa shape index (κ2) is 9.78. The van der Waals surface area contributed by atoms with Crippen LogP contribution in [0.2, 0.25) is 0 Å². The molecule has 0 saturated carbocycles. The van der Waals surface area contributed by atoms with Gasteiger partial charge in [0.15, 0.2) is 5.13 Å². The molecule has 32 heavy (non-hydrogen) atoms. The number of thioether (sulfide) groups is 1. The molecule has 0 unspecified atom stereocenters. The van der Waals surface area contributed by atoms with E-state index in [4.69, 9.17) is 9.72 Å². The number of hydrogen-bond acceptors (Lipinski definition) is 6. The van der Waals surface area contributed by atoms with E-state index >= 15 is 0 Å². The number of morpholine rings is 1. The van der Waals surface area contributed by atoms with Crippen LogP contribution >= 0.6 is 23.1 Å². The number of para-hydroxylation sites is 1. The molecule has 1 saturated heterocycles. The Morgan fingerprint density at radius 1 is 1.22 bits per heavy atom. The van der Waals surface area contributed by atoms with Crippen molar-refractivity contribution in [3.63, 3.8) is 0 Å². The first kappa shape index (κ1) is 23.0. The summed E-state index contributed by atoms with van der Waals surface area (Å²) in [4.78, 5) is 22.8. The summed E-state index contributed by atoms with van der Waals surface area (Å²) in [7, 11) is 0. The van der Waals surface area contributed by atoms with Gasteiger partial charge in [0.1, 0.15) is 0 Å². The second-order valence-electron chi connectivity index (χ2n) is 7.29. The third-order valence-electron chi connectivity index (χ3n) is 5.25. The van der Waals surface area contributed by atoms with E-state index in [1.165, 1.54) is 28.4 Å². The minimum Gasteiger partial charge on any atom is -0.379 e. The predicted molar refractivity (Wildman–Crippen MR) is 122 cm³/mol. The van der Waals surface area contributed by atoms with Gasteiger partial charge in [-0.25, -0.2) is 4.98 Å². The fourth-order valence-corrected chi connectivity index (χ4v) is 5.17. The molecule has 1 fully saturated rings. The molecule has 0 atom stereocenters. The topological polar surface area (TPSA) is 45.7 Å². The summed E-state index contributed by atoms with van der Waals surface area (Å²) in [6, 6.07) is 10.4. The number of nitrogens with zero attached hydrogens (tertiary/aromatic N) is 3. The summed E-state index contributed by atoms with van der Waals surface area (Å²) in [5.41, 5.74) is -0.0511. The lowest BCUT2D eigenvalue weighted by Gasteiger charge is -2.29. The number of benzene rings is 2. The minimum atomic E-state index is -4.52. The van der Waals surface area contributed by atoms with Gasteiger partial charge in [0.25, 0.3) is 5.91 Å². The fourth-order valence-electron chi connectivity index (χ4n) is 3.53. The minimum absolute atomic E-state index is 0.00820. The number of aromatic nitrogens is 1. The molecule has 1 aliphatic heterocycles. The van der Waals surface area contributed by atoms with Crippen LogP contribution in [0.25, 0.3) is 10.2 Å². The van der Waals surface area contributed by atoms with Gasteiger partial charge >= 0.3 is 6.18 Å². The molecule has 5 nitrogen and oxygen atoms in total. The van der Waals surface area contributed by atoms with Gasteiger partial charge in [-0.3, -0.25) is 14.6 Å². The van der Waals surface area contributed by atoms with E-state index in [0.717, 1.165) is 40.3 Å². The van der Waals surface area contributed by atoms with Crippen LogP contribution in [0.15, 0.2) is 47.4 Å². The summed E-state index contributed by atoms with van der Waals surface area (Å²) < 4.78 is 45.9. The van der Waals surface area contributed by atoms with Gasteiger partial charge in [0.2, 0.25) is 0 Å². The van der Waals surface area contributed by atoms with E-state index in [-0.39, 0.29) is 5.56 Å². The molecule has 170 valence electrons. The number of fused-ring (bicyclic) bond motifs is 1. The van der Waals surface area contributed by atoms with E-state index < -0.39 is 17.6 Å². The molecule has 0 aliphatic carbocycles. The molecular weight excluding hydrogens is 459 g/mol. The lowest BCUT2D eigenvalue weighted by Crippen LogP contribution is -2.43. The normalized spacial score (nSPS) is 15.2. The lowest BCUT2D eigenvalue weighted by molar-refractivity contribution is -0.137. The third-order valence-corrected chi connectivity index (χ3v) is 7.06. The first-order valence-corrected chi connectivity index (χ1v) is 12.1. The molecule has 10 heteroatoms. The highest BCUT2D eigenvalue weighted by Crippen LogP contribution is 2.35. The van der Waals surface area contributed by atoms with Crippen molar-refractivity contribution >= 4 is 44.4 Å². The molecule has 0 spiro atoms. The predicted octanol–water partition coefficient (Wildman–Crippen LogP) is 5.02. The number of amides is 1. The quantitative estimate of drug-likeness (QED) is 0.463. The van der Waals surface area contributed by atoms with E-state index in [0.29, 0.717) is 31.4 Å². The van der Waals surface area contributed by atoms with Crippen molar-refractivity contribution in [3.05, 3.63) is 53.6 Å². The number of alkyl halides is 3. The molecule has 1 aromatic heterocycles. The molecule has 1 aliphatic rings. The first-order chi connectivity index (χ1) is 15.4. The first-order valence-electron chi connectivity index (χ1n) is 10.1. The second-order valence-corrected chi connectivity index (χ2v) is 9.15. The Balaban J connectivity index is 1.68. The van der Waals surface area contributed by atoms with Gasteiger partial charge in [-0.05, 0) is 36.6 Å². The van der Waals surface area contributed by atoms with Crippen molar-refractivity contribution < 1.29 is 22.7 Å². The molecule has 2 heterocycles. The summed E-state index contributed by atoms with van der Waals surface area (Å²) in [6.45, 7) is 3.66. The Labute approximate surface area is 192 Å². The van der Waals surface area contributed by atoms with Crippen LogP contribution in [0.3, 0.4) is 0 Å². The largest absolute Gasteiger partial charge is 0.416 e. The van der Waals surface area contributed by atoms with Crippen LogP contribution in [-0.2, 0) is 10.9 Å². The molecule has 2 aromatic carbocycles. The lowest BCUT2D eigenvalue weighted by atomic mass is 10.1. The maximum atomic E-state index is 13.4. The molecule has 1 amide bonds. The van der Waals surface area contributed by atoms with Crippen molar-refractivity contribution in [2.45, 2.75) is 11.1 Å². The number of ether oxygens (including phenoxy) is 1. The Bertz CT molecular complexity index is 1100. The van der Waals surface area contributed by atoms with Gasteiger partial charge in [-0.1, -0.05) is 23.5 Å². The highest BCUT2D eigenvalue weighted by Gasteiger charge is 2.32. The third kappa shape index (κ3) is 5.09. The zero-order valence-corrected chi connectivity index (χ0v) is 19.0. The number of thiazole rings is 1. The number of halogens is 3. The Morgan fingerprint density at radius 2 is 1.97 bits per heavy atom. The zero-order valence-electron chi connectivity index (χ0n) is 17.4. The van der Waals surface area contributed by atoms with Crippen molar-refractivity contribution in [2.24, 2.45) is 0 Å². The summed E-state index contributed by atoms with van der Waals surface area (Å²) >= 11 is 2.93. The van der Waals surface area contributed by atoms with Crippen molar-refractivity contribution in [2.75, 3.05) is 50.5 Å². The van der Waals surface area contributed by atoms with Crippen LogP contribution in [0.1, 0.15) is 15.9 Å². The van der Waals surface area contributed by atoms with Crippen molar-refractivity contribution in [3.8, 4) is 0 Å². The van der Waals surface area contributed by atoms with Crippen LogP contribution in [-0.4, -0.2) is 61.4 Å². The smallest absolute Gasteiger partial charge is 0.379 e. The van der Waals surface area contributed by atoms with E-state index in [2.05, 4.69) is 4.90 Å². The van der Waals surface area contributed by atoms with Crippen LogP contribution in [0, 0.1) is 0 Å². The Kier molecular flexibility index (Phi) is 7.04. The average molecular weight is 482 g/mol. The number of carbonyl (C=O) groups excluding carboxylic acids is 1. The van der Waals surface area contributed by atoms with Crippen molar-refractivity contribution in [1.82, 2.24) is 9.88 Å². The maximum Gasteiger partial charge on any atom is 0.416 e. The van der Waals surface area contributed by atoms with Crippen LogP contribution in [0.5, 0.6) is 0 Å². The molecule has 0 radical (unpaired) electrons. The average Bonchev–Trinajstić information content (AvgIpc) is 3.23. The van der Waals surface area contributed by atoms with Gasteiger partial charge in [0, 0.05) is 36.6 Å². The standard InChI is InChI=1S/C22H22F3N3O2S2/c1-31-17-6-3-7-18-19(17)26-21(32-18)28(9-8-27-10-12-30-13-11-27)20(29)15-4-2-5-16(14-15)22(23,24)25/h2-7,14H,8-13H2,1H3. The summed E-state index contributed by atoms with van der Waals surface area (Å²) in [6.07, 6.45) is -2.56. The Morgan fingerprint density at radius 3 is 2.69 bits per heavy atom. The fraction of sp³-hybridized carbons (Fsp3) is 0.364. The highest BCUT2D eigenvalue weighted by atomic mass is 32.2. The number of carbonyl (C=O) groups is 1. The van der Waals surface area contributed by atoms with E-state index in [9.17, 15) is 18.0 Å². The number of anilines is 1. The molecule has 0 bridgehead atoms. The van der Waals surface area contributed by atoms with Gasteiger partial charge in [-0.2, -0.15) is 13.2 Å². The number of hydrogen-bond donors (Lipinski definition) is 0. The van der Waals surface area contributed by atoms with E-state index in [1.807, 2.05) is 24.5 Å². The van der Waals surface area contributed by atoms with E-state index in [1.54, 1.807) is 11.8 Å². The highest BCUT2D eigenvalue weighted by molar-refractivity contribution is 7.98. The maximum absolute atomic E-state index is 13.4. The Hall–Kier alpha value is -2.14. The van der Waals surface area contributed by atoms with Crippen molar-refractivity contribution in [1.29, 1.82) is 0 Å². The molecular formula is C22H22F3N3O2S2. The summed E-state index contributed by atoms with van der Waals surface area (Å²) in [5.74, 6) is -0.492. The number of rotatable bonds is 6.